The van der Waals surface area contributed by atoms with Crippen LogP contribution in [0.3, 0.4) is 0 Å². The van der Waals surface area contributed by atoms with Gasteiger partial charge in [-0.2, -0.15) is 5.10 Å². The number of alkyl halides is 2. The lowest BCUT2D eigenvalue weighted by molar-refractivity contribution is -0.0674. The highest BCUT2D eigenvalue weighted by Gasteiger charge is 2.46. The lowest BCUT2D eigenvalue weighted by atomic mass is 9.87. The minimum Gasteiger partial charge on any atom is -0.340 e. The second-order valence-electron chi connectivity index (χ2n) is 6.78. The first-order valence-corrected chi connectivity index (χ1v) is 9.53. The summed E-state index contributed by atoms with van der Waals surface area (Å²) in [6, 6.07) is 3.52. The molecule has 3 heterocycles. The van der Waals surface area contributed by atoms with Crippen molar-refractivity contribution in [2.75, 3.05) is 0 Å². The van der Waals surface area contributed by atoms with E-state index in [-0.39, 0.29) is 11.4 Å². The van der Waals surface area contributed by atoms with Gasteiger partial charge in [-0.05, 0) is 31.9 Å². The molecule has 0 aliphatic heterocycles. The zero-order valence-electron chi connectivity index (χ0n) is 14.7. The zero-order chi connectivity index (χ0) is 19.2. The van der Waals surface area contributed by atoms with Gasteiger partial charge in [-0.15, -0.1) is 11.3 Å². The molecule has 1 saturated carbocycles. The summed E-state index contributed by atoms with van der Waals surface area (Å²) >= 11 is 1.17. The van der Waals surface area contributed by atoms with Gasteiger partial charge < -0.3 is 11.1 Å². The Morgan fingerprint density at radius 1 is 1.44 bits per heavy atom. The van der Waals surface area contributed by atoms with Crippen LogP contribution in [0.15, 0.2) is 30.6 Å². The Morgan fingerprint density at radius 2 is 2.26 bits per heavy atom. The highest BCUT2D eigenvalue weighted by atomic mass is 32.1. The van der Waals surface area contributed by atoms with Gasteiger partial charge in [-0.1, -0.05) is 6.07 Å². The van der Waals surface area contributed by atoms with E-state index in [9.17, 15) is 13.6 Å². The number of hydrogen-bond acceptors (Lipinski definition) is 5. The molecule has 0 saturated heterocycles. The second-order valence-corrected chi connectivity index (χ2v) is 7.98. The quantitative estimate of drug-likeness (QED) is 0.719. The Balaban J connectivity index is 1.62. The molecule has 27 heavy (non-hydrogen) atoms. The van der Waals surface area contributed by atoms with Crippen LogP contribution in [0.4, 0.5) is 8.78 Å². The SMILES string of the molecule is Cc1sc(C(=O)N[C@@H]2[C@H](N)CCCC2(F)F)nc1-c1cnn2ccccc12. The van der Waals surface area contributed by atoms with E-state index in [0.717, 1.165) is 16.0 Å². The number of nitrogens with two attached hydrogens (primary N) is 1. The molecule has 1 aliphatic carbocycles. The Hall–Kier alpha value is -2.39. The van der Waals surface area contributed by atoms with Gasteiger partial charge in [-0.25, -0.2) is 18.3 Å². The van der Waals surface area contributed by atoms with Gasteiger partial charge in [0.15, 0.2) is 5.01 Å². The molecule has 6 nitrogen and oxygen atoms in total. The smallest absolute Gasteiger partial charge is 0.280 e. The van der Waals surface area contributed by atoms with Gasteiger partial charge in [-0.3, -0.25) is 4.79 Å². The fourth-order valence-corrected chi connectivity index (χ4v) is 4.32. The molecule has 3 N–H and O–H groups in total. The predicted octanol–water partition coefficient (Wildman–Crippen LogP) is 3.01. The molecule has 0 aromatic carbocycles. The lowest BCUT2D eigenvalue weighted by Gasteiger charge is -2.36. The van der Waals surface area contributed by atoms with Crippen LogP contribution in [0.2, 0.25) is 0 Å². The topological polar surface area (TPSA) is 85.3 Å². The Kier molecular flexibility index (Phi) is 4.43. The van der Waals surface area contributed by atoms with Crippen LogP contribution in [0, 0.1) is 6.92 Å². The van der Waals surface area contributed by atoms with E-state index in [1.807, 2.05) is 31.3 Å². The maximum atomic E-state index is 14.2. The van der Waals surface area contributed by atoms with Crippen molar-refractivity contribution in [1.82, 2.24) is 19.9 Å². The molecular formula is C18H19F2N5OS. The number of halogens is 2. The number of rotatable bonds is 3. The minimum absolute atomic E-state index is 0.145. The molecule has 9 heteroatoms. The van der Waals surface area contributed by atoms with Crippen molar-refractivity contribution in [3.8, 4) is 11.3 Å². The fraction of sp³-hybridized carbons (Fsp3) is 0.389. The largest absolute Gasteiger partial charge is 0.340 e. The Labute approximate surface area is 158 Å². The van der Waals surface area contributed by atoms with Crippen molar-refractivity contribution in [2.24, 2.45) is 5.73 Å². The van der Waals surface area contributed by atoms with Crippen LogP contribution in [0.5, 0.6) is 0 Å². The normalized spacial score (nSPS) is 22.1. The summed E-state index contributed by atoms with van der Waals surface area (Å²) in [5.74, 6) is -3.63. The van der Waals surface area contributed by atoms with Crippen molar-refractivity contribution in [3.05, 3.63) is 40.5 Å². The van der Waals surface area contributed by atoms with Crippen LogP contribution in [0.25, 0.3) is 16.8 Å². The maximum absolute atomic E-state index is 14.2. The Morgan fingerprint density at radius 3 is 3.04 bits per heavy atom. The first-order chi connectivity index (χ1) is 12.9. The van der Waals surface area contributed by atoms with E-state index < -0.39 is 23.9 Å². The first kappa shape index (κ1) is 18.0. The minimum atomic E-state index is -3.01. The molecule has 3 aromatic rings. The number of hydrogen-bond donors (Lipinski definition) is 2. The average molecular weight is 391 g/mol. The molecule has 2 atom stereocenters. The number of aryl methyl sites for hydroxylation is 1. The summed E-state index contributed by atoms with van der Waals surface area (Å²) < 4.78 is 30.0. The zero-order valence-corrected chi connectivity index (χ0v) is 15.5. The molecule has 0 bridgehead atoms. The third-order valence-corrected chi connectivity index (χ3v) is 5.86. The Bertz CT molecular complexity index is 999. The molecule has 0 radical (unpaired) electrons. The molecule has 0 spiro atoms. The number of aromatic nitrogens is 3. The molecule has 4 rings (SSSR count). The van der Waals surface area contributed by atoms with Crippen molar-refractivity contribution in [2.45, 2.75) is 44.2 Å². The third-order valence-electron chi connectivity index (χ3n) is 4.89. The van der Waals surface area contributed by atoms with E-state index in [4.69, 9.17) is 5.73 Å². The van der Waals surface area contributed by atoms with Crippen molar-refractivity contribution in [1.29, 1.82) is 0 Å². The molecule has 1 fully saturated rings. The third kappa shape index (κ3) is 3.21. The van der Waals surface area contributed by atoms with Crippen molar-refractivity contribution >= 4 is 22.8 Å². The number of thiazole rings is 1. The first-order valence-electron chi connectivity index (χ1n) is 8.71. The van der Waals surface area contributed by atoms with Gasteiger partial charge in [0.1, 0.15) is 6.04 Å². The van der Waals surface area contributed by atoms with Crippen LogP contribution in [-0.4, -0.2) is 38.5 Å². The number of carbonyl (C=O) groups is 1. The van der Waals surface area contributed by atoms with Crippen LogP contribution >= 0.6 is 11.3 Å². The predicted molar refractivity (Wildman–Crippen MR) is 99.1 cm³/mol. The number of amides is 1. The summed E-state index contributed by atoms with van der Waals surface area (Å²) in [7, 11) is 0. The van der Waals surface area contributed by atoms with E-state index in [2.05, 4.69) is 15.4 Å². The van der Waals surface area contributed by atoms with Gasteiger partial charge in [0, 0.05) is 29.1 Å². The van der Waals surface area contributed by atoms with Crippen LogP contribution < -0.4 is 11.1 Å². The summed E-state index contributed by atoms with van der Waals surface area (Å²) in [5.41, 5.74) is 8.12. The molecule has 3 aromatic heterocycles. The summed E-state index contributed by atoms with van der Waals surface area (Å²) in [4.78, 5) is 17.8. The molecule has 142 valence electrons. The summed E-state index contributed by atoms with van der Waals surface area (Å²) in [6.07, 6.45) is 4.06. The lowest BCUT2D eigenvalue weighted by Crippen LogP contribution is -2.59. The van der Waals surface area contributed by atoms with Crippen LogP contribution in [-0.2, 0) is 0 Å². The molecule has 1 amide bonds. The van der Waals surface area contributed by atoms with Gasteiger partial charge in [0.05, 0.1) is 17.4 Å². The number of fused-ring (bicyclic) bond motifs is 1. The molecule has 1 aliphatic rings. The molecular weight excluding hydrogens is 372 g/mol. The monoisotopic (exact) mass is 391 g/mol. The van der Waals surface area contributed by atoms with E-state index in [0.29, 0.717) is 18.5 Å². The molecule has 0 unspecified atom stereocenters. The van der Waals surface area contributed by atoms with Gasteiger partial charge in [0.25, 0.3) is 11.8 Å². The van der Waals surface area contributed by atoms with E-state index >= 15 is 0 Å². The maximum Gasteiger partial charge on any atom is 0.280 e. The summed E-state index contributed by atoms with van der Waals surface area (Å²) in [6.45, 7) is 1.84. The standard InChI is InChI=1S/C18H19F2N5OS/c1-10-14(11-9-22-25-8-3-2-6-13(11)25)23-17(27-10)16(26)24-15-12(21)5-4-7-18(15,19)20/h2-3,6,8-9,12,15H,4-5,7,21H2,1H3,(H,24,26)/t12-,15-/m1/s1. The van der Waals surface area contributed by atoms with Crippen LogP contribution in [0.1, 0.15) is 33.9 Å². The highest BCUT2D eigenvalue weighted by Crippen LogP contribution is 2.34. The highest BCUT2D eigenvalue weighted by molar-refractivity contribution is 7.14. The van der Waals surface area contributed by atoms with Gasteiger partial charge in [0.2, 0.25) is 0 Å². The second kappa shape index (κ2) is 6.65. The van der Waals surface area contributed by atoms with Crippen molar-refractivity contribution < 1.29 is 13.6 Å². The number of nitrogens with zero attached hydrogens (tertiary/aromatic N) is 3. The fourth-order valence-electron chi connectivity index (χ4n) is 3.48. The summed E-state index contributed by atoms with van der Waals surface area (Å²) in [5, 5.41) is 6.83. The number of nitrogens with one attached hydrogen (secondary N) is 1. The van der Waals surface area contributed by atoms with Crippen molar-refractivity contribution in [3.63, 3.8) is 0 Å². The number of pyridine rings is 1. The average Bonchev–Trinajstić information content (AvgIpc) is 3.21. The van der Waals surface area contributed by atoms with E-state index in [1.54, 1.807) is 10.7 Å². The van der Waals surface area contributed by atoms with Gasteiger partial charge >= 0.3 is 0 Å². The van der Waals surface area contributed by atoms with E-state index in [1.165, 1.54) is 11.3 Å². The number of carbonyl (C=O) groups excluding carboxylic acids is 1.